The fourth-order valence-corrected chi connectivity index (χ4v) is 1.91. The fraction of sp³-hybridized carbons (Fsp3) is 0.143. The summed E-state index contributed by atoms with van der Waals surface area (Å²) in [4.78, 5) is 0. The molecule has 2 aromatic heterocycles. The number of benzene rings is 1. The van der Waals surface area contributed by atoms with Crippen molar-refractivity contribution in [3.8, 4) is 11.5 Å². The van der Waals surface area contributed by atoms with Crippen LogP contribution in [0.4, 0.5) is 5.82 Å². The largest absolute Gasteiger partial charge is 0.504 e. The second kappa shape index (κ2) is 6.08. The zero-order valence-corrected chi connectivity index (χ0v) is 11.9. The molecule has 8 heteroatoms. The Balaban J connectivity index is 1.75. The summed E-state index contributed by atoms with van der Waals surface area (Å²) >= 11 is 0. The van der Waals surface area contributed by atoms with Crippen LogP contribution in [0, 0.1) is 0 Å². The molecule has 0 saturated carbocycles. The molecule has 2 heterocycles. The van der Waals surface area contributed by atoms with Crippen LogP contribution in [0.5, 0.6) is 11.5 Å². The number of anilines is 1. The Labute approximate surface area is 126 Å². The average molecular weight is 299 g/mol. The van der Waals surface area contributed by atoms with Gasteiger partial charge in [0, 0.05) is 16.7 Å². The Bertz CT molecular complexity index is 814. The average Bonchev–Trinajstić information content (AvgIpc) is 2.99. The molecule has 112 valence electrons. The summed E-state index contributed by atoms with van der Waals surface area (Å²) in [7, 11) is 0. The Morgan fingerprint density at radius 2 is 2.32 bits per heavy atom. The monoisotopic (exact) mass is 299 g/mol. The number of nitrogens with one attached hydrogen (secondary N) is 2. The van der Waals surface area contributed by atoms with Gasteiger partial charge < -0.3 is 9.84 Å². The molecule has 0 bridgehead atoms. The van der Waals surface area contributed by atoms with Gasteiger partial charge in [0.25, 0.3) is 0 Å². The van der Waals surface area contributed by atoms with Crippen LogP contribution in [0.1, 0.15) is 12.5 Å². The first-order valence-electron chi connectivity index (χ1n) is 6.74. The number of hydrogen-bond acceptors (Lipinski definition) is 6. The van der Waals surface area contributed by atoms with Crippen LogP contribution in [0.2, 0.25) is 0 Å². The van der Waals surface area contributed by atoms with E-state index in [4.69, 9.17) is 4.74 Å². The van der Waals surface area contributed by atoms with Crippen LogP contribution in [-0.2, 0) is 0 Å². The van der Waals surface area contributed by atoms with E-state index in [1.807, 2.05) is 6.92 Å². The first-order chi connectivity index (χ1) is 10.8. The quantitative estimate of drug-likeness (QED) is 0.372. The van der Waals surface area contributed by atoms with Crippen molar-refractivity contribution in [3.63, 3.8) is 0 Å². The van der Waals surface area contributed by atoms with E-state index in [0.29, 0.717) is 29.4 Å². The molecule has 0 unspecified atom stereocenters. The number of H-pyrrole nitrogens is 1. The molecule has 3 rings (SSSR count). The first-order valence-corrected chi connectivity index (χ1v) is 6.74. The minimum Gasteiger partial charge on any atom is -0.504 e. The van der Waals surface area contributed by atoms with Crippen LogP contribution in [-0.4, -0.2) is 33.2 Å². The van der Waals surface area contributed by atoms with Crippen molar-refractivity contribution in [1.29, 1.82) is 0 Å². The highest BCUT2D eigenvalue weighted by Gasteiger charge is 2.06. The van der Waals surface area contributed by atoms with E-state index in [9.17, 15) is 5.11 Å². The number of rotatable bonds is 5. The van der Waals surface area contributed by atoms with Crippen molar-refractivity contribution in [2.45, 2.75) is 6.92 Å². The number of ether oxygens (including phenoxy) is 1. The van der Waals surface area contributed by atoms with Gasteiger partial charge in [-0.05, 0) is 25.1 Å². The molecule has 0 aliphatic rings. The van der Waals surface area contributed by atoms with E-state index in [2.05, 4.69) is 25.8 Å². The van der Waals surface area contributed by atoms with Gasteiger partial charge >= 0.3 is 5.65 Å². The van der Waals surface area contributed by atoms with Gasteiger partial charge in [-0.2, -0.15) is 5.10 Å². The molecule has 0 radical (unpaired) electrons. The SMILES string of the molecule is CCOc1cccc(/C=N/Nc2ccc3n[nH]c[n+]3n2)c1O. The van der Waals surface area contributed by atoms with Gasteiger partial charge in [0.15, 0.2) is 17.3 Å². The second-order valence-corrected chi connectivity index (χ2v) is 4.39. The lowest BCUT2D eigenvalue weighted by Crippen LogP contribution is -2.24. The van der Waals surface area contributed by atoms with Gasteiger partial charge in [0.05, 0.1) is 12.8 Å². The highest BCUT2D eigenvalue weighted by Crippen LogP contribution is 2.28. The number of hydrogen-bond donors (Lipinski definition) is 3. The molecule has 0 spiro atoms. The van der Waals surface area contributed by atoms with Gasteiger partial charge in [-0.15, -0.1) is 9.61 Å². The topological polar surface area (TPSA) is 99.5 Å². The highest BCUT2D eigenvalue weighted by molar-refractivity contribution is 5.85. The summed E-state index contributed by atoms with van der Waals surface area (Å²) in [5, 5.41) is 25.1. The molecule has 0 atom stereocenters. The smallest absolute Gasteiger partial charge is 0.325 e. The Morgan fingerprint density at radius 3 is 3.18 bits per heavy atom. The number of aromatic amines is 1. The van der Waals surface area contributed by atoms with Gasteiger partial charge in [-0.1, -0.05) is 11.2 Å². The van der Waals surface area contributed by atoms with Gasteiger partial charge in [-0.3, -0.25) is 5.43 Å². The number of para-hydroxylation sites is 1. The molecule has 8 nitrogen and oxygen atoms in total. The minimum absolute atomic E-state index is 0.0579. The summed E-state index contributed by atoms with van der Waals surface area (Å²) in [6.45, 7) is 2.34. The number of phenolic OH excluding ortho intramolecular Hbond substituents is 1. The summed E-state index contributed by atoms with van der Waals surface area (Å²) in [5.74, 6) is 1.04. The number of hydrazone groups is 1. The van der Waals surface area contributed by atoms with Crippen molar-refractivity contribution in [2.24, 2.45) is 5.10 Å². The van der Waals surface area contributed by atoms with Crippen molar-refractivity contribution in [3.05, 3.63) is 42.2 Å². The van der Waals surface area contributed by atoms with E-state index in [0.717, 1.165) is 0 Å². The molecule has 0 saturated heterocycles. The third-order valence-corrected chi connectivity index (χ3v) is 2.91. The summed E-state index contributed by atoms with van der Waals surface area (Å²) in [6, 6.07) is 8.79. The van der Waals surface area contributed by atoms with Crippen LogP contribution in [0.15, 0.2) is 41.8 Å². The van der Waals surface area contributed by atoms with Crippen molar-refractivity contribution in [2.75, 3.05) is 12.0 Å². The van der Waals surface area contributed by atoms with E-state index < -0.39 is 0 Å². The lowest BCUT2D eigenvalue weighted by atomic mass is 10.2. The molecule has 3 N–H and O–H groups in total. The van der Waals surface area contributed by atoms with Crippen LogP contribution in [0.25, 0.3) is 5.65 Å². The Hall–Kier alpha value is -3.16. The number of nitrogens with zero attached hydrogens (tertiary/aromatic N) is 4. The van der Waals surface area contributed by atoms with E-state index in [1.165, 1.54) is 6.21 Å². The third kappa shape index (κ3) is 2.80. The lowest BCUT2D eigenvalue weighted by Gasteiger charge is -2.07. The molecule has 3 aromatic rings. The highest BCUT2D eigenvalue weighted by atomic mass is 16.5. The number of aromatic hydroxyl groups is 1. The Kier molecular flexibility index (Phi) is 3.82. The zero-order valence-electron chi connectivity index (χ0n) is 11.9. The van der Waals surface area contributed by atoms with Crippen LogP contribution >= 0.6 is 0 Å². The van der Waals surface area contributed by atoms with Crippen LogP contribution in [0.3, 0.4) is 0 Å². The molecule has 1 aromatic carbocycles. The van der Waals surface area contributed by atoms with E-state index in [1.54, 1.807) is 41.2 Å². The van der Waals surface area contributed by atoms with Gasteiger partial charge in [-0.25, -0.2) is 0 Å². The number of aromatic nitrogens is 4. The van der Waals surface area contributed by atoms with E-state index >= 15 is 0 Å². The number of phenols is 1. The first kappa shape index (κ1) is 13.8. The summed E-state index contributed by atoms with van der Waals surface area (Å²) in [6.07, 6.45) is 3.13. The van der Waals surface area contributed by atoms with Crippen molar-refractivity contribution in [1.82, 2.24) is 15.3 Å². The second-order valence-electron chi connectivity index (χ2n) is 4.39. The predicted octanol–water partition coefficient (Wildman–Crippen LogP) is 1.09. The zero-order chi connectivity index (χ0) is 15.4. The summed E-state index contributed by atoms with van der Waals surface area (Å²) < 4.78 is 6.91. The molecule has 0 aliphatic carbocycles. The molecular formula is C14H15N6O2+. The maximum absolute atomic E-state index is 10.1. The summed E-state index contributed by atoms with van der Waals surface area (Å²) in [5.41, 5.74) is 4.05. The molecule has 22 heavy (non-hydrogen) atoms. The van der Waals surface area contributed by atoms with E-state index in [-0.39, 0.29) is 5.75 Å². The molecular weight excluding hydrogens is 284 g/mol. The molecule has 0 aliphatic heterocycles. The lowest BCUT2D eigenvalue weighted by molar-refractivity contribution is -0.579. The fourth-order valence-electron chi connectivity index (χ4n) is 1.91. The molecule has 0 fully saturated rings. The maximum Gasteiger partial charge on any atom is 0.325 e. The van der Waals surface area contributed by atoms with Crippen molar-refractivity contribution < 1.29 is 14.4 Å². The number of fused-ring (bicyclic) bond motifs is 1. The van der Waals surface area contributed by atoms with Gasteiger partial charge in [0.2, 0.25) is 6.33 Å². The normalized spacial score (nSPS) is 11.1. The minimum atomic E-state index is 0.0579. The Morgan fingerprint density at radius 1 is 1.41 bits per heavy atom. The molecule has 0 amide bonds. The van der Waals surface area contributed by atoms with Gasteiger partial charge in [0.1, 0.15) is 0 Å². The third-order valence-electron chi connectivity index (χ3n) is 2.91. The predicted molar refractivity (Wildman–Crippen MR) is 80.0 cm³/mol. The van der Waals surface area contributed by atoms with Crippen molar-refractivity contribution >= 4 is 17.7 Å². The maximum atomic E-state index is 10.1. The standard InChI is InChI=1S/C14H14N6O2/c1-2-22-11-5-3-4-10(14(11)21)8-15-17-12-6-7-13-18-16-9-20(13)19-12/h3-9H,2H2,1H3,(H2,15,17,18,19,21)/p+1. The van der Waals surface area contributed by atoms with Crippen LogP contribution < -0.4 is 14.7 Å².